The molecule has 0 aromatic heterocycles. The highest BCUT2D eigenvalue weighted by atomic mass is 16.6. The molecule has 0 bridgehead atoms. The van der Waals surface area contributed by atoms with Gasteiger partial charge in [-0.25, -0.2) is 0 Å². The van der Waals surface area contributed by atoms with Crippen molar-refractivity contribution in [2.45, 2.75) is 220 Å². The van der Waals surface area contributed by atoms with Crippen LogP contribution >= 0.6 is 0 Å². The molecule has 2 aliphatic heterocycles. The van der Waals surface area contributed by atoms with Crippen molar-refractivity contribution >= 4 is 35.8 Å². The van der Waals surface area contributed by atoms with E-state index in [2.05, 4.69) is 41.8 Å². The third-order valence-corrected chi connectivity index (χ3v) is 16.7. The summed E-state index contributed by atoms with van der Waals surface area (Å²) < 4.78 is 35.9. The maximum atomic E-state index is 13.3. The van der Waals surface area contributed by atoms with Crippen molar-refractivity contribution < 1.29 is 66.2 Å². The predicted octanol–water partition coefficient (Wildman–Crippen LogP) is 10.5. The maximum Gasteiger partial charge on any atom is 0.311 e. The zero-order valence-electron chi connectivity index (χ0n) is 44.8. The van der Waals surface area contributed by atoms with Crippen molar-refractivity contribution in [2.24, 2.45) is 5.41 Å². The molecular weight excluding hydrogens is 905 g/mol. The number of likely N-dealkylation sites (tertiary alicyclic amines) is 2. The summed E-state index contributed by atoms with van der Waals surface area (Å²) in [6.45, 7) is 17.5. The number of hydrogen-bond donors (Lipinski definition) is 0. The first kappa shape index (κ1) is 57.1. The molecule has 14 nitrogen and oxygen atoms in total. The number of benzene rings is 2. The van der Waals surface area contributed by atoms with Gasteiger partial charge in [0, 0.05) is 77.0 Å². The van der Waals surface area contributed by atoms with Crippen LogP contribution in [0.2, 0.25) is 0 Å². The summed E-state index contributed by atoms with van der Waals surface area (Å²) in [5, 5.41) is 0. The number of likely N-dealkylation sites (N-methyl/N-ethyl adjacent to an activating group) is 2. The zero-order chi connectivity index (χ0) is 51.9. The van der Waals surface area contributed by atoms with Gasteiger partial charge in [-0.1, -0.05) is 52.7 Å². The summed E-state index contributed by atoms with van der Waals surface area (Å²) in [6.07, 6.45) is 14.1. The van der Waals surface area contributed by atoms with Crippen molar-refractivity contribution in [1.29, 1.82) is 0 Å². The van der Waals surface area contributed by atoms with Crippen LogP contribution < -0.4 is 18.9 Å². The number of piperidine rings is 2. The van der Waals surface area contributed by atoms with Crippen molar-refractivity contribution in [3.05, 3.63) is 47.5 Å². The van der Waals surface area contributed by atoms with E-state index in [1.807, 2.05) is 12.1 Å². The molecule has 0 spiro atoms. The number of nitrogens with zero attached hydrogens (tertiary/aromatic N) is 2. The Morgan fingerprint density at radius 1 is 0.493 bits per heavy atom. The molecule has 2 heterocycles. The fraction of sp³-hybridized carbons (Fsp3) is 0.684. The molecule has 3 fully saturated rings. The number of carbonyl (C=O) groups excluding carboxylic acids is 6. The highest BCUT2D eigenvalue weighted by Crippen LogP contribution is 2.46. The number of rotatable bonds is 24. The van der Waals surface area contributed by atoms with Gasteiger partial charge in [0.25, 0.3) is 0 Å². The first-order valence-corrected chi connectivity index (χ1v) is 26.9. The van der Waals surface area contributed by atoms with Gasteiger partial charge < -0.3 is 37.4 Å². The van der Waals surface area contributed by atoms with Crippen LogP contribution in [0.5, 0.6) is 23.0 Å². The molecule has 0 N–H and O–H groups in total. The van der Waals surface area contributed by atoms with Crippen LogP contribution in [0.3, 0.4) is 0 Å². The van der Waals surface area contributed by atoms with Gasteiger partial charge in [0.2, 0.25) is 0 Å². The van der Waals surface area contributed by atoms with E-state index in [0.29, 0.717) is 12.8 Å². The molecule has 394 valence electrons. The average Bonchev–Trinajstić information content (AvgIpc) is 3.80. The molecule has 1 saturated carbocycles. The van der Waals surface area contributed by atoms with Crippen LogP contribution in [0.4, 0.5) is 0 Å². The lowest BCUT2D eigenvalue weighted by molar-refractivity contribution is -0.958. The topological polar surface area (TPSA) is 158 Å². The second kappa shape index (κ2) is 26.2. The Balaban J connectivity index is 1.03. The van der Waals surface area contributed by atoms with E-state index in [1.54, 1.807) is 52.0 Å². The Hall–Kier alpha value is -4.82. The number of esters is 6. The van der Waals surface area contributed by atoms with Crippen molar-refractivity contribution in [1.82, 2.24) is 0 Å². The van der Waals surface area contributed by atoms with E-state index in [1.165, 1.54) is 12.8 Å². The van der Waals surface area contributed by atoms with E-state index >= 15 is 0 Å². The molecule has 71 heavy (non-hydrogen) atoms. The molecule has 4 unspecified atom stereocenters. The maximum absolute atomic E-state index is 13.3. The quantitative estimate of drug-likeness (QED) is 0.0558. The lowest BCUT2D eigenvalue weighted by Gasteiger charge is -2.50. The van der Waals surface area contributed by atoms with Crippen molar-refractivity contribution in [3.8, 4) is 23.0 Å². The van der Waals surface area contributed by atoms with Gasteiger partial charge in [0.05, 0.1) is 51.4 Å². The second-order valence-corrected chi connectivity index (χ2v) is 21.5. The minimum atomic E-state index is -0.394. The summed E-state index contributed by atoms with van der Waals surface area (Å²) in [6, 6.07) is 11.9. The van der Waals surface area contributed by atoms with Gasteiger partial charge in [0.1, 0.15) is 12.2 Å². The van der Waals surface area contributed by atoms with E-state index in [0.717, 1.165) is 110 Å². The molecule has 5 rings (SSSR count). The molecular formula is C57H86N2O12+2. The van der Waals surface area contributed by atoms with E-state index < -0.39 is 23.9 Å². The van der Waals surface area contributed by atoms with E-state index in [-0.39, 0.29) is 102 Å². The summed E-state index contributed by atoms with van der Waals surface area (Å²) in [7, 11) is 4.54. The normalized spacial score (nSPS) is 25.9. The van der Waals surface area contributed by atoms with Crippen LogP contribution in [-0.2, 0) is 51.1 Å². The minimum absolute atomic E-state index is 0.125. The predicted molar refractivity (Wildman–Crippen MR) is 271 cm³/mol. The van der Waals surface area contributed by atoms with Crippen molar-refractivity contribution in [3.63, 3.8) is 0 Å². The SMILES string of the molecule is CCC(=O)Oc1ccc(CC[N+]2(C)C(C)CC(OC(=O)CCCC3(CCCC(=O)OC4CC(C)[N+](C)(CCc5ccc(OC(=O)CC)c(OC(=O)CC)c5)C(C)C4)CCCC3)CC2C)cc1OC(=O)CC. The van der Waals surface area contributed by atoms with Gasteiger partial charge in [-0.3, -0.25) is 28.8 Å². The van der Waals surface area contributed by atoms with E-state index in [4.69, 9.17) is 28.4 Å². The fourth-order valence-electron chi connectivity index (χ4n) is 11.3. The monoisotopic (exact) mass is 991 g/mol. The Labute approximate surface area is 423 Å². The molecule has 3 aliphatic rings. The van der Waals surface area contributed by atoms with Crippen LogP contribution in [0.1, 0.15) is 182 Å². The van der Waals surface area contributed by atoms with Gasteiger partial charge in [-0.05, 0) is 107 Å². The average molecular weight is 991 g/mol. The van der Waals surface area contributed by atoms with E-state index in [9.17, 15) is 28.8 Å². The lowest BCUT2D eigenvalue weighted by Crippen LogP contribution is -2.62. The second-order valence-electron chi connectivity index (χ2n) is 21.5. The third kappa shape index (κ3) is 15.8. The van der Waals surface area contributed by atoms with Gasteiger partial charge in [-0.15, -0.1) is 0 Å². The highest BCUT2D eigenvalue weighted by Gasteiger charge is 2.45. The Morgan fingerprint density at radius 3 is 1.14 bits per heavy atom. The molecule has 14 heteroatoms. The first-order valence-electron chi connectivity index (χ1n) is 26.9. The first-order chi connectivity index (χ1) is 33.7. The number of quaternary nitrogens is 2. The van der Waals surface area contributed by atoms with Gasteiger partial charge >= 0.3 is 35.8 Å². The third-order valence-electron chi connectivity index (χ3n) is 16.7. The van der Waals surface area contributed by atoms with Crippen LogP contribution in [-0.4, -0.2) is 108 Å². The molecule has 4 atom stereocenters. The largest absolute Gasteiger partial charge is 0.462 e. The smallest absolute Gasteiger partial charge is 0.311 e. The molecule has 2 aromatic rings. The fourth-order valence-corrected chi connectivity index (χ4v) is 11.3. The number of ether oxygens (including phenoxy) is 6. The zero-order valence-corrected chi connectivity index (χ0v) is 44.8. The van der Waals surface area contributed by atoms with Crippen molar-refractivity contribution in [2.75, 3.05) is 27.2 Å². The molecule has 1 aliphatic carbocycles. The Bertz CT molecular complexity index is 1980. The Kier molecular flexibility index (Phi) is 21.1. The number of carbonyl (C=O) groups is 6. The van der Waals surface area contributed by atoms with Crippen LogP contribution in [0.25, 0.3) is 0 Å². The summed E-state index contributed by atoms with van der Waals surface area (Å²) in [4.78, 5) is 75.0. The standard InChI is InChI=1S/C57H86N2O12/c1-11-51(60)68-47-23-21-43(37-49(47)70-53(62)13-3)25-31-58(9)39(5)33-45(34-40(58)6)66-55(64)19-17-29-57(27-15-16-28-57)30-18-20-56(65)67-46-35-41(7)59(10,42(8)36-46)32-26-44-22-24-48(69-52(61)12-2)50(38-44)71-54(63)14-4/h21-24,37-42,45-46H,11-20,25-36H2,1-10H3/q+2. The molecule has 0 radical (unpaired) electrons. The van der Waals surface area contributed by atoms with Crippen LogP contribution in [0, 0.1) is 5.41 Å². The highest BCUT2D eigenvalue weighted by molar-refractivity contribution is 5.77. The summed E-state index contributed by atoms with van der Waals surface area (Å²) in [5.74, 6) is -0.812. The summed E-state index contributed by atoms with van der Waals surface area (Å²) in [5.41, 5.74) is 2.13. The number of hydrogen-bond acceptors (Lipinski definition) is 12. The molecule has 0 amide bonds. The Morgan fingerprint density at radius 2 is 0.817 bits per heavy atom. The minimum Gasteiger partial charge on any atom is -0.462 e. The summed E-state index contributed by atoms with van der Waals surface area (Å²) >= 11 is 0. The molecule has 2 saturated heterocycles. The molecule has 2 aromatic carbocycles. The van der Waals surface area contributed by atoms with Crippen LogP contribution in [0.15, 0.2) is 36.4 Å². The van der Waals surface area contributed by atoms with Gasteiger partial charge in [0.15, 0.2) is 23.0 Å². The van der Waals surface area contributed by atoms with Gasteiger partial charge in [-0.2, -0.15) is 0 Å². The lowest BCUT2D eigenvalue weighted by atomic mass is 9.77.